The highest BCUT2D eigenvalue weighted by Gasteiger charge is 2.00. The van der Waals surface area contributed by atoms with Gasteiger partial charge in [0.05, 0.1) is 10.7 Å². The molecule has 3 nitrogen and oxygen atoms in total. The number of rotatable bonds is 4. The molecule has 0 bridgehead atoms. The van der Waals surface area contributed by atoms with Crippen molar-refractivity contribution in [3.8, 4) is 0 Å². The molecule has 0 amide bonds. The topological polar surface area (TPSA) is 29.3 Å². The summed E-state index contributed by atoms with van der Waals surface area (Å²) in [6.07, 6.45) is 5.64. The minimum atomic E-state index is 0.713. The van der Waals surface area contributed by atoms with E-state index in [-0.39, 0.29) is 0 Å². The van der Waals surface area contributed by atoms with Crippen LogP contribution >= 0.6 is 11.6 Å². The van der Waals surface area contributed by atoms with Gasteiger partial charge in [0.1, 0.15) is 5.65 Å². The Morgan fingerprint density at radius 2 is 2.33 bits per heavy atom. The van der Waals surface area contributed by atoms with Crippen molar-refractivity contribution < 1.29 is 0 Å². The van der Waals surface area contributed by atoms with E-state index < -0.39 is 0 Å². The minimum absolute atomic E-state index is 0.713. The van der Waals surface area contributed by atoms with Gasteiger partial charge in [-0.05, 0) is 12.1 Å². The van der Waals surface area contributed by atoms with Crippen molar-refractivity contribution in [2.24, 2.45) is 0 Å². The van der Waals surface area contributed by atoms with E-state index in [4.69, 9.17) is 11.6 Å². The van der Waals surface area contributed by atoms with E-state index in [0.717, 1.165) is 24.4 Å². The molecule has 0 aromatic carbocycles. The highest BCUT2D eigenvalue weighted by Crippen LogP contribution is 2.11. The molecule has 0 saturated carbocycles. The molecule has 15 heavy (non-hydrogen) atoms. The summed E-state index contributed by atoms with van der Waals surface area (Å²) in [4.78, 5) is 4.43. The third-order valence-corrected chi connectivity index (χ3v) is 2.28. The minimum Gasteiger partial charge on any atom is -0.308 e. The lowest BCUT2D eigenvalue weighted by molar-refractivity contribution is 0.745. The summed E-state index contributed by atoms with van der Waals surface area (Å²) >= 11 is 5.88. The van der Waals surface area contributed by atoms with Gasteiger partial charge in [0, 0.05) is 25.5 Å². The lowest BCUT2D eigenvalue weighted by Crippen LogP contribution is -2.12. The highest BCUT2D eigenvalue weighted by atomic mass is 35.5. The van der Waals surface area contributed by atoms with Crippen LogP contribution in [0, 0.1) is 0 Å². The van der Waals surface area contributed by atoms with E-state index in [1.807, 2.05) is 35.0 Å². The van der Waals surface area contributed by atoms with Crippen molar-refractivity contribution in [1.29, 1.82) is 0 Å². The van der Waals surface area contributed by atoms with Gasteiger partial charge in [0.25, 0.3) is 0 Å². The number of nitrogens with one attached hydrogen (secondary N) is 1. The molecule has 0 aliphatic carbocycles. The predicted molar refractivity (Wildman–Crippen MR) is 62.1 cm³/mol. The molecular formula is C11H12ClN3. The van der Waals surface area contributed by atoms with Crippen molar-refractivity contribution in [2.45, 2.75) is 6.54 Å². The van der Waals surface area contributed by atoms with Crippen molar-refractivity contribution in [2.75, 3.05) is 6.54 Å². The van der Waals surface area contributed by atoms with Crippen LogP contribution in [0.25, 0.3) is 5.65 Å². The first-order valence-electron chi connectivity index (χ1n) is 4.74. The number of imidazole rings is 1. The molecule has 0 aliphatic heterocycles. The quantitative estimate of drug-likeness (QED) is 0.634. The van der Waals surface area contributed by atoms with Gasteiger partial charge in [-0.15, -0.1) is 6.58 Å². The Morgan fingerprint density at radius 1 is 1.47 bits per heavy atom. The van der Waals surface area contributed by atoms with Gasteiger partial charge in [-0.25, -0.2) is 4.98 Å². The van der Waals surface area contributed by atoms with Gasteiger partial charge in [-0.1, -0.05) is 17.7 Å². The Bertz CT molecular complexity index is 476. The molecule has 0 spiro atoms. The zero-order chi connectivity index (χ0) is 10.7. The number of hydrogen-bond acceptors (Lipinski definition) is 2. The lowest BCUT2D eigenvalue weighted by atomic mass is 10.4. The van der Waals surface area contributed by atoms with Gasteiger partial charge in [-0.3, -0.25) is 0 Å². The predicted octanol–water partition coefficient (Wildman–Crippen LogP) is 2.26. The molecule has 0 atom stereocenters. The van der Waals surface area contributed by atoms with Crippen LogP contribution in [0.4, 0.5) is 0 Å². The van der Waals surface area contributed by atoms with Crippen LogP contribution in [0.2, 0.25) is 5.02 Å². The fraction of sp³-hybridized carbons (Fsp3) is 0.182. The van der Waals surface area contributed by atoms with E-state index in [9.17, 15) is 0 Å². The zero-order valence-corrected chi connectivity index (χ0v) is 9.04. The maximum Gasteiger partial charge on any atom is 0.137 e. The van der Waals surface area contributed by atoms with Crippen LogP contribution in [0.15, 0.2) is 37.2 Å². The summed E-state index contributed by atoms with van der Waals surface area (Å²) in [6.45, 7) is 5.17. The molecule has 2 aromatic rings. The number of halogens is 1. The van der Waals surface area contributed by atoms with Gasteiger partial charge in [0.2, 0.25) is 0 Å². The van der Waals surface area contributed by atoms with Gasteiger partial charge < -0.3 is 9.72 Å². The second kappa shape index (κ2) is 4.47. The Morgan fingerprint density at radius 3 is 3.13 bits per heavy atom. The standard InChI is InChI=1S/C11H12ClN3/c1-2-5-13-6-10-8-15-7-9(12)3-4-11(15)14-10/h2-4,7-8,13H,1,5-6H2. The average molecular weight is 222 g/mol. The zero-order valence-electron chi connectivity index (χ0n) is 8.28. The van der Waals surface area contributed by atoms with Crippen LogP contribution in [0.3, 0.4) is 0 Å². The van der Waals surface area contributed by atoms with Gasteiger partial charge in [-0.2, -0.15) is 0 Å². The number of aromatic nitrogens is 2. The van der Waals surface area contributed by atoms with Crippen molar-refractivity contribution in [3.05, 3.63) is 47.9 Å². The molecule has 0 fully saturated rings. The molecule has 0 unspecified atom stereocenters. The summed E-state index contributed by atoms with van der Waals surface area (Å²) < 4.78 is 1.92. The van der Waals surface area contributed by atoms with E-state index in [1.165, 1.54) is 0 Å². The molecule has 0 saturated heterocycles. The van der Waals surface area contributed by atoms with E-state index in [1.54, 1.807) is 0 Å². The fourth-order valence-electron chi connectivity index (χ4n) is 1.40. The molecule has 1 N–H and O–H groups in total. The van der Waals surface area contributed by atoms with Crippen LogP contribution in [0.5, 0.6) is 0 Å². The first-order valence-corrected chi connectivity index (χ1v) is 5.12. The monoisotopic (exact) mass is 221 g/mol. The third kappa shape index (κ3) is 2.37. The second-order valence-electron chi connectivity index (χ2n) is 3.26. The number of nitrogens with zero attached hydrogens (tertiary/aromatic N) is 2. The maximum atomic E-state index is 5.88. The Hall–Kier alpha value is -1.32. The molecule has 78 valence electrons. The van der Waals surface area contributed by atoms with Gasteiger partial charge in [0.15, 0.2) is 0 Å². The number of pyridine rings is 1. The molecule has 4 heteroatoms. The summed E-state index contributed by atoms with van der Waals surface area (Å²) in [5, 5.41) is 3.91. The summed E-state index contributed by atoms with van der Waals surface area (Å²) in [7, 11) is 0. The normalized spacial score (nSPS) is 10.7. The summed E-state index contributed by atoms with van der Waals surface area (Å²) in [6, 6.07) is 3.74. The SMILES string of the molecule is C=CCNCc1cn2cc(Cl)ccc2n1. The largest absolute Gasteiger partial charge is 0.308 e. The van der Waals surface area contributed by atoms with Crippen molar-refractivity contribution in [1.82, 2.24) is 14.7 Å². The Labute approximate surface area is 93.4 Å². The molecule has 0 aliphatic rings. The number of fused-ring (bicyclic) bond motifs is 1. The smallest absolute Gasteiger partial charge is 0.137 e. The molecule has 2 heterocycles. The molecule has 0 radical (unpaired) electrons. The van der Waals surface area contributed by atoms with Crippen LogP contribution in [-0.2, 0) is 6.54 Å². The molecule has 2 rings (SSSR count). The fourth-order valence-corrected chi connectivity index (χ4v) is 1.57. The Kier molecular flexibility index (Phi) is 3.04. The van der Waals surface area contributed by atoms with Crippen LogP contribution in [-0.4, -0.2) is 15.9 Å². The maximum absolute atomic E-state index is 5.88. The second-order valence-corrected chi connectivity index (χ2v) is 3.70. The van der Waals surface area contributed by atoms with Crippen LogP contribution in [0.1, 0.15) is 5.69 Å². The molecule has 2 aromatic heterocycles. The Balaban J connectivity index is 2.19. The van der Waals surface area contributed by atoms with E-state index in [2.05, 4.69) is 16.9 Å². The highest BCUT2D eigenvalue weighted by molar-refractivity contribution is 6.30. The lowest BCUT2D eigenvalue weighted by Gasteiger charge is -1.95. The molecular weight excluding hydrogens is 210 g/mol. The summed E-state index contributed by atoms with van der Waals surface area (Å²) in [5.41, 5.74) is 1.91. The first-order chi connectivity index (χ1) is 7.29. The van der Waals surface area contributed by atoms with Gasteiger partial charge >= 0.3 is 0 Å². The first kappa shape index (κ1) is 10.2. The third-order valence-electron chi connectivity index (χ3n) is 2.06. The number of hydrogen-bond donors (Lipinski definition) is 1. The summed E-state index contributed by atoms with van der Waals surface area (Å²) in [5.74, 6) is 0. The van der Waals surface area contributed by atoms with Crippen LogP contribution < -0.4 is 5.32 Å². The van der Waals surface area contributed by atoms with Crippen molar-refractivity contribution in [3.63, 3.8) is 0 Å². The average Bonchev–Trinajstić information content (AvgIpc) is 2.60. The van der Waals surface area contributed by atoms with E-state index in [0.29, 0.717) is 5.02 Å². The van der Waals surface area contributed by atoms with Crippen molar-refractivity contribution >= 4 is 17.2 Å². The van der Waals surface area contributed by atoms with E-state index >= 15 is 0 Å².